The largest absolute Gasteiger partial charge is 0.496 e. The summed E-state index contributed by atoms with van der Waals surface area (Å²) in [6.07, 6.45) is 3.55. The Morgan fingerprint density at radius 3 is 2.27 bits per heavy atom. The average Bonchev–Trinajstić information content (AvgIpc) is 3.43. The molecule has 0 unspecified atom stereocenters. The molecule has 2 aromatic rings. The van der Waals surface area contributed by atoms with Crippen molar-refractivity contribution in [3.05, 3.63) is 47.5 Å². The molecule has 2 aromatic carbocycles. The number of amides is 2. The van der Waals surface area contributed by atoms with Crippen molar-refractivity contribution in [2.75, 3.05) is 47.2 Å². The molecule has 9 heteroatoms. The summed E-state index contributed by atoms with van der Waals surface area (Å²) in [4.78, 5) is 30.5. The molecular weight excluding hydrogens is 474 g/mol. The van der Waals surface area contributed by atoms with Gasteiger partial charge in [-0.25, -0.2) is 0 Å². The average molecular weight is 510 g/mol. The smallest absolute Gasteiger partial charge is 0.261 e. The number of nitrogens with one attached hydrogen (secondary N) is 1. The highest BCUT2D eigenvalue weighted by atomic mass is 16.7. The van der Waals surface area contributed by atoms with Gasteiger partial charge < -0.3 is 34.1 Å². The highest BCUT2D eigenvalue weighted by Gasteiger charge is 2.33. The molecule has 3 heterocycles. The minimum atomic E-state index is -0.0504. The Hall–Kier alpha value is -3.46. The zero-order chi connectivity index (χ0) is 25.8. The van der Waals surface area contributed by atoms with Crippen LogP contribution in [0, 0.1) is 5.92 Å². The Balaban J connectivity index is 1.08. The van der Waals surface area contributed by atoms with Gasteiger partial charge in [0.1, 0.15) is 17.1 Å². The number of methoxy groups -OCH3 is 2. The number of carbonyl (C=O) groups excluding carboxylic acids is 2. The van der Waals surface area contributed by atoms with Crippen LogP contribution in [0.5, 0.6) is 23.0 Å². The summed E-state index contributed by atoms with van der Waals surface area (Å²) < 4.78 is 21.6. The summed E-state index contributed by atoms with van der Waals surface area (Å²) in [7, 11) is 3.14. The van der Waals surface area contributed by atoms with E-state index in [1.807, 2.05) is 29.2 Å². The minimum Gasteiger partial charge on any atom is -0.496 e. The molecule has 2 fully saturated rings. The number of benzene rings is 2. The van der Waals surface area contributed by atoms with Gasteiger partial charge in [-0.05, 0) is 68.6 Å². The first-order chi connectivity index (χ1) is 18.1. The number of ether oxygens (including phenoxy) is 4. The van der Waals surface area contributed by atoms with Crippen molar-refractivity contribution in [3.63, 3.8) is 0 Å². The fourth-order valence-electron chi connectivity index (χ4n) is 5.57. The van der Waals surface area contributed by atoms with Crippen LogP contribution >= 0.6 is 0 Å². The van der Waals surface area contributed by atoms with Gasteiger partial charge in [-0.1, -0.05) is 12.1 Å². The molecule has 0 radical (unpaired) electrons. The summed E-state index contributed by atoms with van der Waals surface area (Å²) in [5.41, 5.74) is 1.49. The van der Waals surface area contributed by atoms with Gasteiger partial charge in [0.15, 0.2) is 11.5 Å². The highest BCUT2D eigenvalue weighted by Crippen LogP contribution is 2.33. The maximum absolute atomic E-state index is 13.3. The zero-order valence-corrected chi connectivity index (χ0v) is 21.5. The quantitative estimate of drug-likeness (QED) is 0.614. The molecule has 198 valence electrons. The number of fused-ring (bicyclic) bond motifs is 1. The van der Waals surface area contributed by atoms with Crippen molar-refractivity contribution >= 4 is 11.8 Å². The van der Waals surface area contributed by atoms with Crippen molar-refractivity contribution in [2.24, 2.45) is 5.92 Å². The molecule has 3 aliphatic heterocycles. The van der Waals surface area contributed by atoms with E-state index in [1.54, 1.807) is 26.4 Å². The van der Waals surface area contributed by atoms with E-state index in [0.717, 1.165) is 55.8 Å². The first-order valence-corrected chi connectivity index (χ1v) is 13.0. The Labute approximate surface area is 217 Å². The summed E-state index contributed by atoms with van der Waals surface area (Å²) >= 11 is 0. The first kappa shape index (κ1) is 25.2. The van der Waals surface area contributed by atoms with E-state index in [4.69, 9.17) is 18.9 Å². The van der Waals surface area contributed by atoms with E-state index in [-0.39, 0.29) is 24.5 Å². The topological polar surface area (TPSA) is 89.6 Å². The number of rotatable bonds is 7. The molecular formula is C28H35N3O6. The Kier molecular flexibility index (Phi) is 7.69. The van der Waals surface area contributed by atoms with E-state index >= 15 is 0 Å². The molecule has 1 N–H and O–H groups in total. The third kappa shape index (κ3) is 5.46. The van der Waals surface area contributed by atoms with Crippen LogP contribution in [0.3, 0.4) is 0 Å². The van der Waals surface area contributed by atoms with Gasteiger partial charge in [0.25, 0.3) is 5.91 Å². The monoisotopic (exact) mass is 509 g/mol. The van der Waals surface area contributed by atoms with Gasteiger partial charge in [-0.2, -0.15) is 0 Å². The second kappa shape index (κ2) is 11.3. The second-order valence-corrected chi connectivity index (χ2v) is 9.78. The minimum absolute atomic E-state index is 0.0323. The molecule has 0 atom stereocenters. The van der Waals surface area contributed by atoms with Gasteiger partial charge >= 0.3 is 0 Å². The van der Waals surface area contributed by atoms with E-state index in [0.29, 0.717) is 42.7 Å². The molecule has 0 spiro atoms. The van der Waals surface area contributed by atoms with Gasteiger partial charge in [-0.15, -0.1) is 0 Å². The van der Waals surface area contributed by atoms with E-state index in [2.05, 4.69) is 10.2 Å². The lowest BCUT2D eigenvalue weighted by atomic mass is 9.92. The standard InChI is InChI=1S/C28H35N3O6/c1-34-23-4-3-5-24(35-2)26(23)28(33)31-14-10-21(11-15-31)30-12-8-20(9-13-30)27(32)29-17-19-6-7-22-25(16-19)37-18-36-22/h3-7,16,20-21H,8-15,17-18H2,1-2H3,(H,29,32). The third-order valence-corrected chi connectivity index (χ3v) is 7.71. The molecule has 37 heavy (non-hydrogen) atoms. The number of hydrogen-bond donors (Lipinski definition) is 1. The van der Waals surface area contributed by atoms with Crippen LogP contribution in [0.25, 0.3) is 0 Å². The summed E-state index contributed by atoms with van der Waals surface area (Å²) in [5, 5.41) is 3.09. The van der Waals surface area contributed by atoms with Crippen LogP contribution in [-0.4, -0.2) is 74.8 Å². The zero-order valence-electron chi connectivity index (χ0n) is 21.5. The summed E-state index contributed by atoms with van der Waals surface area (Å²) in [6.45, 7) is 3.93. The Morgan fingerprint density at radius 1 is 0.919 bits per heavy atom. The molecule has 2 saturated heterocycles. The normalized spacial score (nSPS) is 18.5. The summed E-state index contributed by atoms with van der Waals surface area (Å²) in [5.74, 6) is 2.64. The lowest BCUT2D eigenvalue weighted by Gasteiger charge is -2.41. The van der Waals surface area contributed by atoms with Crippen molar-refractivity contribution < 1.29 is 28.5 Å². The van der Waals surface area contributed by atoms with Crippen LogP contribution in [0.15, 0.2) is 36.4 Å². The Morgan fingerprint density at radius 2 is 1.59 bits per heavy atom. The van der Waals surface area contributed by atoms with Crippen LogP contribution in [0.1, 0.15) is 41.6 Å². The molecule has 2 amide bonds. The SMILES string of the molecule is COc1cccc(OC)c1C(=O)N1CCC(N2CCC(C(=O)NCc3ccc4c(c3)OCO4)CC2)CC1. The predicted octanol–water partition coefficient (Wildman–Crippen LogP) is 3.07. The fraction of sp³-hybridized carbons (Fsp3) is 0.500. The maximum atomic E-state index is 13.3. The van der Waals surface area contributed by atoms with Gasteiger partial charge in [-0.3, -0.25) is 9.59 Å². The van der Waals surface area contributed by atoms with Crippen molar-refractivity contribution in [2.45, 2.75) is 38.3 Å². The number of nitrogens with zero attached hydrogens (tertiary/aromatic N) is 2. The number of piperidine rings is 2. The molecule has 0 aromatic heterocycles. The van der Waals surface area contributed by atoms with Crippen LogP contribution < -0.4 is 24.3 Å². The van der Waals surface area contributed by atoms with Gasteiger partial charge in [0, 0.05) is 31.6 Å². The van der Waals surface area contributed by atoms with Gasteiger partial charge in [0.2, 0.25) is 12.7 Å². The van der Waals surface area contributed by atoms with Crippen molar-refractivity contribution in [1.29, 1.82) is 0 Å². The summed E-state index contributed by atoms with van der Waals surface area (Å²) in [6, 6.07) is 11.6. The van der Waals surface area contributed by atoms with Crippen molar-refractivity contribution in [1.82, 2.24) is 15.1 Å². The van der Waals surface area contributed by atoms with Crippen LogP contribution in [0.2, 0.25) is 0 Å². The Bertz CT molecular complexity index is 1100. The first-order valence-electron chi connectivity index (χ1n) is 13.0. The molecule has 0 aliphatic carbocycles. The van der Waals surface area contributed by atoms with Crippen LogP contribution in [-0.2, 0) is 11.3 Å². The lowest BCUT2D eigenvalue weighted by molar-refractivity contribution is -0.126. The molecule has 3 aliphatic rings. The molecule has 9 nitrogen and oxygen atoms in total. The van der Waals surface area contributed by atoms with Gasteiger partial charge in [0.05, 0.1) is 14.2 Å². The molecule has 0 saturated carbocycles. The maximum Gasteiger partial charge on any atom is 0.261 e. The predicted molar refractivity (Wildman–Crippen MR) is 137 cm³/mol. The third-order valence-electron chi connectivity index (χ3n) is 7.71. The van der Waals surface area contributed by atoms with E-state index in [1.165, 1.54) is 0 Å². The van der Waals surface area contributed by atoms with E-state index in [9.17, 15) is 9.59 Å². The second-order valence-electron chi connectivity index (χ2n) is 9.78. The molecule has 0 bridgehead atoms. The highest BCUT2D eigenvalue weighted by molar-refractivity contribution is 5.99. The van der Waals surface area contributed by atoms with Crippen molar-refractivity contribution in [3.8, 4) is 23.0 Å². The number of likely N-dealkylation sites (tertiary alicyclic amines) is 2. The number of carbonyl (C=O) groups is 2. The number of hydrogen-bond acceptors (Lipinski definition) is 7. The van der Waals surface area contributed by atoms with Crippen LogP contribution in [0.4, 0.5) is 0 Å². The molecule has 5 rings (SSSR count). The lowest BCUT2D eigenvalue weighted by Crippen LogP contribution is -2.50. The van der Waals surface area contributed by atoms with E-state index < -0.39 is 0 Å². The fourth-order valence-corrected chi connectivity index (χ4v) is 5.57.